The molecule has 0 aliphatic rings. The molecule has 0 aliphatic carbocycles. The van der Waals surface area contributed by atoms with Crippen molar-refractivity contribution in [2.75, 3.05) is 13.7 Å². The zero-order chi connectivity index (χ0) is 12.3. The lowest BCUT2D eigenvalue weighted by Crippen LogP contribution is -2.36. The second kappa shape index (κ2) is 4.46. The van der Waals surface area contributed by atoms with Gasteiger partial charge in [-0.1, -0.05) is 0 Å². The fraction of sp³-hybridized carbons (Fsp3) is 0.400. The highest BCUT2D eigenvalue weighted by atomic mass is 16.6. The van der Waals surface area contributed by atoms with Gasteiger partial charge in [-0.05, 0) is 24.6 Å². The molecule has 1 aromatic carbocycles. The van der Waals surface area contributed by atoms with Gasteiger partial charge < -0.3 is 15.6 Å². The van der Waals surface area contributed by atoms with E-state index in [1.54, 1.807) is 6.92 Å². The van der Waals surface area contributed by atoms with E-state index in [1.807, 2.05) is 0 Å². The second-order valence-electron chi connectivity index (χ2n) is 3.72. The molecule has 0 saturated carbocycles. The van der Waals surface area contributed by atoms with Crippen molar-refractivity contribution >= 4 is 5.69 Å². The normalized spacial score (nSPS) is 14.2. The van der Waals surface area contributed by atoms with Gasteiger partial charge in [-0.15, -0.1) is 0 Å². The fourth-order valence-electron chi connectivity index (χ4n) is 1.27. The predicted octanol–water partition coefficient (Wildman–Crippen LogP) is 0.770. The number of hydrogen-bond donors (Lipinski definition) is 2. The molecule has 6 heteroatoms. The van der Waals surface area contributed by atoms with Gasteiger partial charge in [0.25, 0.3) is 0 Å². The molecule has 0 amide bonds. The molecule has 1 rings (SSSR count). The zero-order valence-corrected chi connectivity index (χ0v) is 9.14. The van der Waals surface area contributed by atoms with Crippen molar-refractivity contribution in [2.45, 2.75) is 12.5 Å². The predicted molar refractivity (Wildman–Crippen MR) is 58.3 cm³/mol. The molecule has 0 heterocycles. The van der Waals surface area contributed by atoms with Gasteiger partial charge in [0.1, 0.15) is 0 Å². The maximum absolute atomic E-state index is 10.7. The summed E-state index contributed by atoms with van der Waals surface area (Å²) in [6, 6.07) is 4.29. The molecule has 0 spiro atoms. The second-order valence-corrected chi connectivity index (χ2v) is 3.72. The molecule has 1 aromatic rings. The van der Waals surface area contributed by atoms with Crippen molar-refractivity contribution in [3.63, 3.8) is 0 Å². The van der Waals surface area contributed by atoms with E-state index < -0.39 is 10.5 Å². The molecule has 0 bridgehead atoms. The molecule has 6 nitrogen and oxygen atoms in total. The quantitative estimate of drug-likeness (QED) is 0.583. The number of aliphatic hydroxyl groups is 1. The van der Waals surface area contributed by atoms with Crippen molar-refractivity contribution in [1.29, 1.82) is 0 Å². The number of nitro benzene ring substituents is 1. The third-order valence-electron chi connectivity index (χ3n) is 2.36. The number of benzene rings is 1. The van der Waals surface area contributed by atoms with Gasteiger partial charge in [-0.3, -0.25) is 10.1 Å². The summed E-state index contributed by atoms with van der Waals surface area (Å²) in [5.74, 6) is 0.132. The first-order valence-electron chi connectivity index (χ1n) is 4.65. The molecular formula is C10H14N2O4. The smallest absolute Gasteiger partial charge is 0.310 e. The van der Waals surface area contributed by atoms with Gasteiger partial charge in [0.15, 0.2) is 5.75 Å². The number of nitrogens with zero attached hydrogens (tertiary/aromatic N) is 1. The third kappa shape index (κ3) is 2.29. The molecule has 1 unspecified atom stereocenters. The van der Waals surface area contributed by atoms with Crippen LogP contribution in [-0.2, 0) is 5.54 Å². The largest absolute Gasteiger partial charge is 0.490 e. The van der Waals surface area contributed by atoms with Crippen LogP contribution in [0.15, 0.2) is 18.2 Å². The van der Waals surface area contributed by atoms with Crippen LogP contribution in [0.2, 0.25) is 0 Å². The number of nitro groups is 1. The van der Waals surface area contributed by atoms with Crippen LogP contribution in [0.5, 0.6) is 5.75 Å². The first-order chi connectivity index (χ1) is 7.42. The number of nitrogens with two attached hydrogens (primary N) is 1. The van der Waals surface area contributed by atoms with Crippen LogP contribution >= 0.6 is 0 Å². The summed E-state index contributed by atoms with van der Waals surface area (Å²) in [7, 11) is 1.35. The van der Waals surface area contributed by atoms with Gasteiger partial charge in [0, 0.05) is 6.07 Å². The maximum Gasteiger partial charge on any atom is 0.310 e. The van der Waals surface area contributed by atoms with Crippen LogP contribution in [0.1, 0.15) is 12.5 Å². The number of hydrogen-bond acceptors (Lipinski definition) is 5. The van der Waals surface area contributed by atoms with Crippen molar-refractivity contribution < 1.29 is 14.8 Å². The number of rotatable bonds is 4. The third-order valence-corrected chi connectivity index (χ3v) is 2.36. The SMILES string of the molecule is COc1cc(C(C)(N)CO)ccc1[N+](=O)[O-]. The fourth-order valence-corrected chi connectivity index (χ4v) is 1.27. The Morgan fingerprint density at radius 1 is 1.62 bits per heavy atom. The Balaban J connectivity index is 3.24. The molecule has 3 N–H and O–H groups in total. The van der Waals surface area contributed by atoms with E-state index in [2.05, 4.69) is 0 Å². The number of aliphatic hydroxyl groups excluding tert-OH is 1. The van der Waals surface area contributed by atoms with E-state index in [0.717, 1.165) is 0 Å². The van der Waals surface area contributed by atoms with E-state index in [1.165, 1.54) is 25.3 Å². The summed E-state index contributed by atoms with van der Waals surface area (Å²) in [5.41, 5.74) is 5.33. The van der Waals surface area contributed by atoms with Gasteiger partial charge in [-0.2, -0.15) is 0 Å². The van der Waals surface area contributed by atoms with E-state index in [9.17, 15) is 10.1 Å². The van der Waals surface area contributed by atoms with Gasteiger partial charge in [-0.25, -0.2) is 0 Å². The molecule has 0 saturated heterocycles. The summed E-state index contributed by atoms with van der Waals surface area (Å²) in [4.78, 5) is 10.1. The zero-order valence-electron chi connectivity index (χ0n) is 9.14. The molecule has 0 aromatic heterocycles. The summed E-state index contributed by atoms with van der Waals surface area (Å²) in [5, 5.41) is 19.7. The highest BCUT2D eigenvalue weighted by Crippen LogP contribution is 2.30. The van der Waals surface area contributed by atoms with Crippen molar-refractivity contribution in [1.82, 2.24) is 0 Å². The lowest BCUT2D eigenvalue weighted by Gasteiger charge is -2.22. The van der Waals surface area contributed by atoms with Crippen LogP contribution in [0.4, 0.5) is 5.69 Å². The van der Waals surface area contributed by atoms with Crippen LogP contribution in [0.25, 0.3) is 0 Å². The minimum atomic E-state index is -0.942. The average Bonchev–Trinajstić information content (AvgIpc) is 2.27. The standard InChI is InChI=1S/C10H14N2O4/c1-10(11,6-13)7-3-4-8(12(14)15)9(5-7)16-2/h3-5,13H,6,11H2,1-2H3. The van der Waals surface area contributed by atoms with Gasteiger partial charge in [0.05, 0.1) is 24.2 Å². The average molecular weight is 226 g/mol. The molecular weight excluding hydrogens is 212 g/mol. The number of ether oxygens (including phenoxy) is 1. The lowest BCUT2D eigenvalue weighted by molar-refractivity contribution is -0.385. The monoisotopic (exact) mass is 226 g/mol. The molecule has 0 aliphatic heterocycles. The van der Waals surface area contributed by atoms with Crippen LogP contribution in [0, 0.1) is 10.1 Å². The van der Waals surface area contributed by atoms with E-state index in [-0.39, 0.29) is 18.0 Å². The Kier molecular flexibility index (Phi) is 3.46. The van der Waals surface area contributed by atoms with Crippen molar-refractivity contribution in [2.24, 2.45) is 5.73 Å². The summed E-state index contributed by atoms with van der Waals surface area (Å²) in [6.07, 6.45) is 0. The molecule has 88 valence electrons. The first kappa shape index (κ1) is 12.4. The highest BCUT2D eigenvalue weighted by Gasteiger charge is 2.24. The summed E-state index contributed by atoms with van der Waals surface area (Å²) < 4.78 is 4.91. The maximum atomic E-state index is 10.7. The summed E-state index contributed by atoms with van der Waals surface area (Å²) >= 11 is 0. The first-order valence-corrected chi connectivity index (χ1v) is 4.65. The lowest BCUT2D eigenvalue weighted by atomic mass is 9.94. The van der Waals surface area contributed by atoms with Crippen molar-refractivity contribution in [3.05, 3.63) is 33.9 Å². The van der Waals surface area contributed by atoms with Crippen LogP contribution in [0.3, 0.4) is 0 Å². The van der Waals surface area contributed by atoms with Crippen LogP contribution in [-0.4, -0.2) is 23.7 Å². The Morgan fingerprint density at radius 2 is 2.25 bits per heavy atom. The highest BCUT2D eigenvalue weighted by molar-refractivity contribution is 5.49. The Hall–Kier alpha value is -1.66. The molecule has 1 atom stereocenters. The van der Waals surface area contributed by atoms with E-state index in [4.69, 9.17) is 15.6 Å². The Morgan fingerprint density at radius 3 is 2.69 bits per heavy atom. The Bertz CT molecular complexity index is 404. The van der Waals surface area contributed by atoms with Gasteiger partial charge in [0.2, 0.25) is 0 Å². The summed E-state index contributed by atoms with van der Waals surface area (Å²) in [6.45, 7) is 1.38. The van der Waals surface area contributed by atoms with Crippen LogP contribution < -0.4 is 10.5 Å². The Labute approximate surface area is 92.8 Å². The topological polar surface area (TPSA) is 98.6 Å². The van der Waals surface area contributed by atoms with E-state index in [0.29, 0.717) is 5.56 Å². The molecule has 0 fully saturated rings. The minimum absolute atomic E-state index is 0.125. The van der Waals surface area contributed by atoms with Crippen molar-refractivity contribution in [3.8, 4) is 5.75 Å². The van der Waals surface area contributed by atoms with E-state index >= 15 is 0 Å². The number of methoxy groups -OCH3 is 1. The minimum Gasteiger partial charge on any atom is -0.490 e. The van der Waals surface area contributed by atoms with Gasteiger partial charge >= 0.3 is 5.69 Å². The molecule has 16 heavy (non-hydrogen) atoms. The molecule has 0 radical (unpaired) electrons.